The molecular formula is C37H39ClN6O5. The second-order valence-corrected chi connectivity index (χ2v) is 12.6. The van der Waals surface area contributed by atoms with Gasteiger partial charge in [0.05, 0.1) is 28.4 Å². The lowest BCUT2D eigenvalue weighted by Crippen LogP contribution is -2.35. The van der Waals surface area contributed by atoms with Crippen molar-refractivity contribution in [3.63, 3.8) is 0 Å². The highest BCUT2D eigenvalue weighted by molar-refractivity contribution is 6.32. The van der Waals surface area contributed by atoms with Gasteiger partial charge in [-0.15, -0.1) is 0 Å². The van der Waals surface area contributed by atoms with Crippen LogP contribution in [0.25, 0.3) is 11.1 Å². The van der Waals surface area contributed by atoms with E-state index in [9.17, 15) is 9.59 Å². The molecule has 254 valence electrons. The minimum absolute atomic E-state index is 0.0612. The Morgan fingerprint density at radius 1 is 1.02 bits per heavy atom. The highest BCUT2D eigenvalue weighted by Gasteiger charge is 2.17. The lowest BCUT2D eigenvalue weighted by Gasteiger charge is -2.22. The number of aromatic nitrogens is 1. The molecule has 49 heavy (non-hydrogen) atoms. The Balaban J connectivity index is 1.50. The van der Waals surface area contributed by atoms with Crippen LogP contribution in [0, 0.1) is 25.2 Å². The summed E-state index contributed by atoms with van der Waals surface area (Å²) in [6.45, 7) is 9.67. The fraction of sp³-hybridized carbons (Fsp3) is 0.243. The molecule has 0 radical (unpaired) electrons. The van der Waals surface area contributed by atoms with Gasteiger partial charge in [-0.05, 0) is 80.6 Å². The third kappa shape index (κ3) is 9.73. The summed E-state index contributed by atoms with van der Waals surface area (Å²) in [5.74, 6) is 7.03. The molecule has 0 fully saturated rings. The van der Waals surface area contributed by atoms with Gasteiger partial charge in [0.1, 0.15) is 36.4 Å². The van der Waals surface area contributed by atoms with Gasteiger partial charge < -0.3 is 25.3 Å². The van der Waals surface area contributed by atoms with Crippen LogP contribution in [-0.4, -0.2) is 29.5 Å². The van der Waals surface area contributed by atoms with E-state index in [2.05, 4.69) is 10.3 Å². The Hall–Kier alpha value is -5.57. The summed E-state index contributed by atoms with van der Waals surface area (Å²) in [5, 5.41) is 13.5. The average molecular weight is 683 g/mol. The molecule has 0 bridgehead atoms. The van der Waals surface area contributed by atoms with Crippen molar-refractivity contribution in [1.82, 2.24) is 10.3 Å². The van der Waals surface area contributed by atoms with Crippen LogP contribution in [0.3, 0.4) is 0 Å². The molecule has 12 heteroatoms. The molecule has 3 aromatic carbocycles. The zero-order chi connectivity index (χ0) is 35.7. The number of nitriles is 1. The fourth-order valence-electron chi connectivity index (χ4n) is 4.93. The van der Waals surface area contributed by atoms with Crippen molar-refractivity contribution in [2.45, 2.75) is 53.4 Å². The van der Waals surface area contributed by atoms with Crippen molar-refractivity contribution in [1.29, 1.82) is 5.26 Å². The molecule has 5 N–H and O–H groups in total. The number of pyridine rings is 1. The predicted octanol–water partition coefficient (Wildman–Crippen LogP) is 6.87. The van der Waals surface area contributed by atoms with E-state index in [1.165, 1.54) is 17.3 Å². The number of nitrogens with one attached hydrogen (secondary N) is 1. The summed E-state index contributed by atoms with van der Waals surface area (Å²) in [7, 11) is 0. The first-order chi connectivity index (χ1) is 23.3. The van der Waals surface area contributed by atoms with Crippen LogP contribution >= 0.6 is 11.6 Å². The number of anilines is 1. The van der Waals surface area contributed by atoms with Gasteiger partial charge in [0.2, 0.25) is 0 Å². The van der Waals surface area contributed by atoms with E-state index in [0.717, 1.165) is 33.5 Å². The number of nitrogens with two attached hydrogens (primary N) is 2. The van der Waals surface area contributed by atoms with Gasteiger partial charge in [0, 0.05) is 35.9 Å². The molecule has 0 saturated carbocycles. The van der Waals surface area contributed by atoms with Gasteiger partial charge in [0.15, 0.2) is 6.29 Å². The Morgan fingerprint density at radius 2 is 1.71 bits per heavy atom. The van der Waals surface area contributed by atoms with E-state index in [1.54, 1.807) is 45.3 Å². The molecule has 0 spiro atoms. The van der Waals surface area contributed by atoms with Crippen molar-refractivity contribution in [2.24, 2.45) is 11.6 Å². The number of aldehydes is 1. The van der Waals surface area contributed by atoms with Crippen molar-refractivity contribution in [3.05, 3.63) is 117 Å². The van der Waals surface area contributed by atoms with Gasteiger partial charge in [-0.3, -0.25) is 14.8 Å². The van der Waals surface area contributed by atoms with Crippen molar-refractivity contribution in [3.8, 4) is 28.7 Å². The van der Waals surface area contributed by atoms with Gasteiger partial charge in [0.25, 0.3) is 0 Å². The van der Waals surface area contributed by atoms with E-state index >= 15 is 0 Å². The van der Waals surface area contributed by atoms with E-state index in [0.29, 0.717) is 28.9 Å². The van der Waals surface area contributed by atoms with Crippen LogP contribution < -0.4 is 31.4 Å². The zero-order valence-corrected chi connectivity index (χ0v) is 28.8. The van der Waals surface area contributed by atoms with E-state index in [1.807, 2.05) is 56.3 Å². The number of carbonyl (C=O) groups is 2. The van der Waals surface area contributed by atoms with Gasteiger partial charge in [-0.2, -0.15) is 5.26 Å². The maximum atomic E-state index is 12.0. The molecule has 1 amide bonds. The molecule has 4 rings (SSSR count). The van der Waals surface area contributed by atoms with E-state index in [4.69, 9.17) is 42.6 Å². The standard InChI is InChI=1S/C37H39ClN6O5/c1-23-27(22-48-35-14-34(28(20-45)13-32(35)38)47-21-26-12-25(15-39)16-42-17-26)8-6-9-30(23)31-10-7-11-33(24(31)2)44(41)19-29(40)18-43-36(46)49-37(3,4)5/h6-14,16-17,19-20H,18,21-22,40-41H2,1-5H3,(H,43,46)/b29-19-. The van der Waals surface area contributed by atoms with E-state index in [-0.39, 0.29) is 36.1 Å². The van der Waals surface area contributed by atoms with Gasteiger partial charge in [-0.1, -0.05) is 41.9 Å². The molecule has 0 aliphatic heterocycles. The van der Waals surface area contributed by atoms with Crippen molar-refractivity contribution < 1.29 is 23.8 Å². The number of hydrazine groups is 1. The molecule has 1 heterocycles. The second-order valence-electron chi connectivity index (χ2n) is 12.2. The quantitative estimate of drug-likeness (QED) is 0.0816. The SMILES string of the molecule is Cc1c(COc2cc(OCc3cncc(C#N)c3)c(C=O)cc2Cl)cccc1-c1cccc(N(N)/C=C(\N)CNC(=O)OC(C)(C)C)c1C. The molecule has 0 aliphatic carbocycles. The first-order valence-corrected chi connectivity index (χ1v) is 15.7. The summed E-state index contributed by atoms with van der Waals surface area (Å²) >= 11 is 6.49. The molecule has 1 aromatic heterocycles. The molecule has 0 atom stereocenters. The number of hydrogen-bond acceptors (Lipinski definition) is 10. The first-order valence-electron chi connectivity index (χ1n) is 15.3. The number of carbonyl (C=O) groups excluding carboxylic acids is 2. The Bertz CT molecular complexity index is 1910. The fourth-order valence-corrected chi connectivity index (χ4v) is 5.16. The van der Waals surface area contributed by atoms with Crippen LogP contribution in [0.15, 0.2) is 78.9 Å². The number of amides is 1. The average Bonchev–Trinajstić information content (AvgIpc) is 3.06. The van der Waals surface area contributed by atoms with Crippen LogP contribution in [0.2, 0.25) is 5.02 Å². The van der Waals surface area contributed by atoms with Crippen molar-refractivity contribution in [2.75, 3.05) is 11.6 Å². The highest BCUT2D eigenvalue weighted by atomic mass is 35.5. The number of nitrogens with zero attached hydrogens (tertiary/aromatic N) is 3. The third-order valence-corrected chi connectivity index (χ3v) is 7.65. The zero-order valence-electron chi connectivity index (χ0n) is 28.0. The number of alkyl carbamates (subject to hydrolysis) is 1. The summed E-state index contributed by atoms with van der Waals surface area (Å²) in [6, 6.07) is 18.5. The molecule has 4 aromatic rings. The third-order valence-electron chi connectivity index (χ3n) is 7.35. The Kier molecular flexibility index (Phi) is 11.9. The molecule has 0 aliphatic rings. The predicted molar refractivity (Wildman–Crippen MR) is 189 cm³/mol. The Labute approximate surface area is 291 Å². The molecule has 0 saturated heterocycles. The van der Waals surface area contributed by atoms with Gasteiger partial charge in [-0.25, -0.2) is 10.6 Å². The maximum Gasteiger partial charge on any atom is 0.407 e. The van der Waals surface area contributed by atoms with E-state index < -0.39 is 11.7 Å². The number of hydrogen-bond donors (Lipinski definition) is 3. The lowest BCUT2D eigenvalue weighted by atomic mass is 9.93. The summed E-state index contributed by atoms with van der Waals surface area (Å²) in [5.41, 5.74) is 12.7. The number of ether oxygens (including phenoxy) is 3. The van der Waals surface area contributed by atoms with Crippen LogP contribution in [-0.2, 0) is 18.0 Å². The first kappa shape index (κ1) is 36.3. The summed E-state index contributed by atoms with van der Waals surface area (Å²) < 4.78 is 17.3. The number of halogens is 1. The summed E-state index contributed by atoms with van der Waals surface area (Å²) in [6.07, 6.45) is 4.69. The Morgan fingerprint density at radius 3 is 2.41 bits per heavy atom. The maximum absolute atomic E-state index is 12.0. The van der Waals surface area contributed by atoms with Gasteiger partial charge >= 0.3 is 6.09 Å². The topological polar surface area (TPSA) is 166 Å². The highest BCUT2D eigenvalue weighted by Crippen LogP contribution is 2.36. The molecule has 11 nitrogen and oxygen atoms in total. The molecule has 0 unspecified atom stereocenters. The van der Waals surface area contributed by atoms with Crippen LogP contribution in [0.5, 0.6) is 11.5 Å². The smallest absolute Gasteiger partial charge is 0.407 e. The summed E-state index contributed by atoms with van der Waals surface area (Å²) in [4.78, 5) is 27.8. The van der Waals surface area contributed by atoms with Crippen LogP contribution in [0.4, 0.5) is 10.5 Å². The second kappa shape index (κ2) is 16.0. The van der Waals surface area contributed by atoms with Crippen LogP contribution in [0.1, 0.15) is 58.9 Å². The molecular weight excluding hydrogens is 644 g/mol. The minimum Gasteiger partial charge on any atom is -0.488 e. The normalized spacial score (nSPS) is 11.3. The number of rotatable bonds is 12. The lowest BCUT2D eigenvalue weighted by molar-refractivity contribution is 0.0532. The van der Waals surface area contributed by atoms with Crippen molar-refractivity contribution >= 4 is 29.7 Å². The largest absolute Gasteiger partial charge is 0.488 e. The minimum atomic E-state index is -0.623. The monoisotopic (exact) mass is 682 g/mol. The number of benzene rings is 3.